The Morgan fingerprint density at radius 1 is 1.38 bits per heavy atom. The van der Waals surface area contributed by atoms with Crippen molar-refractivity contribution in [3.05, 3.63) is 64.0 Å². The van der Waals surface area contributed by atoms with Gasteiger partial charge in [-0.15, -0.1) is 17.8 Å². The van der Waals surface area contributed by atoms with Crippen LogP contribution >= 0.6 is 11.3 Å². The van der Waals surface area contributed by atoms with Crippen LogP contribution in [0.3, 0.4) is 0 Å². The minimum atomic E-state index is -0.255. The fourth-order valence-corrected chi connectivity index (χ4v) is 3.81. The third-order valence-corrected chi connectivity index (χ3v) is 4.93. The van der Waals surface area contributed by atoms with Gasteiger partial charge in [0.25, 0.3) is 0 Å². The van der Waals surface area contributed by atoms with Crippen LogP contribution in [0.4, 0.5) is 5.69 Å². The maximum absolute atomic E-state index is 12.7. The fourth-order valence-electron chi connectivity index (χ4n) is 2.66. The van der Waals surface area contributed by atoms with E-state index in [0.29, 0.717) is 6.42 Å². The van der Waals surface area contributed by atoms with Crippen LogP contribution < -0.4 is 4.90 Å². The van der Waals surface area contributed by atoms with Crippen molar-refractivity contribution in [1.82, 2.24) is 0 Å². The Hall–Kier alpha value is -2.31. The van der Waals surface area contributed by atoms with Gasteiger partial charge in [0.1, 0.15) is 0 Å². The maximum atomic E-state index is 12.7. The smallest absolute Gasteiger partial charge is 0.151 e. The number of carbonyl (C=O) groups is 1. The number of carbonyl (C=O) groups excluding carboxylic acids is 1. The predicted molar refractivity (Wildman–Crippen MR) is 87.7 cm³/mol. The molecule has 0 aliphatic carbocycles. The highest BCUT2D eigenvalue weighted by molar-refractivity contribution is 7.13. The lowest BCUT2D eigenvalue weighted by atomic mass is 9.91. The number of thiophene rings is 1. The van der Waals surface area contributed by atoms with E-state index in [4.69, 9.17) is 6.42 Å². The summed E-state index contributed by atoms with van der Waals surface area (Å²) in [6, 6.07) is 11.8. The molecule has 1 aliphatic heterocycles. The molecule has 3 heteroatoms. The number of nitrogens with zero attached hydrogens (tertiary/aromatic N) is 1. The Kier molecular flexibility index (Phi) is 3.40. The first-order chi connectivity index (χ1) is 10.1. The molecule has 2 heterocycles. The van der Waals surface area contributed by atoms with Crippen LogP contribution in [-0.4, -0.2) is 12.8 Å². The van der Waals surface area contributed by atoms with E-state index in [1.807, 2.05) is 48.3 Å². The predicted octanol–water partition coefficient (Wildman–Crippen LogP) is 3.78. The zero-order valence-electron chi connectivity index (χ0n) is 11.8. The number of Topliss-reactive ketones (excluding diaryl/α,β-unsaturated/α-hetero) is 1. The molecule has 3 rings (SSSR count). The van der Waals surface area contributed by atoms with Crippen molar-refractivity contribution < 1.29 is 4.79 Å². The zero-order chi connectivity index (χ0) is 15.0. The van der Waals surface area contributed by atoms with Crippen LogP contribution in [0.1, 0.15) is 27.7 Å². The highest BCUT2D eigenvalue weighted by atomic mass is 32.1. The van der Waals surface area contributed by atoms with Crippen LogP contribution in [0, 0.1) is 12.3 Å². The first-order valence-corrected chi connectivity index (χ1v) is 7.53. The summed E-state index contributed by atoms with van der Waals surface area (Å²) in [5.41, 5.74) is 2.82. The Balaban J connectivity index is 2.22. The largest absolute Gasteiger partial charge is 0.347 e. The number of hydrogen-bond donors (Lipinski definition) is 0. The van der Waals surface area contributed by atoms with Gasteiger partial charge in [-0.05, 0) is 11.6 Å². The quantitative estimate of drug-likeness (QED) is 0.746. The summed E-state index contributed by atoms with van der Waals surface area (Å²) >= 11 is 1.52. The molecule has 0 spiro atoms. The molecule has 1 aliphatic rings. The molecule has 0 radical (unpaired) electrons. The van der Waals surface area contributed by atoms with Crippen molar-refractivity contribution in [3.63, 3.8) is 0 Å². The number of ketones is 1. The summed E-state index contributed by atoms with van der Waals surface area (Å²) in [5, 5.41) is 0. The maximum Gasteiger partial charge on any atom is 0.151 e. The molecular weight excluding hydrogens is 278 g/mol. The van der Waals surface area contributed by atoms with Crippen LogP contribution in [0.2, 0.25) is 0 Å². The van der Waals surface area contributed by atoms with Gasteiger partial charge in [-0.1, -0.05) is 42.8 Å². The molecule has 2 aromatic rings. The summed E-state index contributed by atoms with van der Waals surface area (Å²) in [4.78, 5) is 16.5. The van der Waals surface area contributed by atoms with E-state index in [9.17, 15) is 4.79 Å². The van der Waals surface area contributed by atoms with E-state index in [1.54, 1.807) is 0 Å². The Bertz CT molecular complexity index is 751. The number of benzene rings is 1. The average molecular weight is 293 g/mol. The van der Waals surface area contributed by atoms with E-state index < -0.39 is 0 Å². The molecule has 1 unspecified atom stereocenters. The van der Waals surface area contributed by atoms with Gasteiger partial charge >= 0.3 is 0 Å². The van der Waals surface area contributed by atoms with E-state index in [2.05, 4.69) is 12.5 Å². The molecule has 2 nitrogen and oxygen atoms in total. The Morgan fingerprint density at radius 2 is 2.10 bits per heavy atom. The second-order valence-corrected chi connectivity index (χ2v) is 6.20. The lowest BCUT2D eigenvalue weighted by molar-refractivity contribution is -0.118. The lowest BCUT2D eigenvalue weighted by Gasteiger charge is -2.18. The minimum Gasteiger partial charge on any atom is -0.347 e. The monoisotopic (exact) mass is 293 g/mol. The van der Waals surface area contributed by atoms with Crippen molar-refractivity contribution in [2.75, 3.05) is 11.9 Å². The second-order valence-electron chi connectivity index (χ2n) is 5.12. The number of rotatable bonds is 1. The third-order valence-electron chi connectivity index (χ3n) is 3.81. The zero-order valence-corrected chi connectivity index (χ0v) is 12.6. The second kappa shape index (κ2) is 5.23. The SMILES string of the molecule is C#Cc1cc2c(s1)C(c1ccccc1)C(=O)CC(=C)N2C. The standard InChI is InChI=1S/C18H15NOS/c1-4-14-11-15-18(21-14)17(13-8-6-5-7-9-13)16(20)10-12(2)19(15)3/h1,5-9,11,17H,2,10H2,3H3. The molecule has 1 aromatic carbocycles. The molecule has 104 valence electrons. The van der Waals surface area contributed by atoms with E-state index >= 15 is 0 Å². The average Bonchev–Trinajstić information content (AvgIpc) is 2.88. The van der Waals surface area contributed by atoms with E-state index in [-0.39, 0.29) is 11.7 Å². The lowest BCUT2D eigenvalue weighted by Crippen LogP contribution is -2.15. The number of anilines is 1. The highest BCUT2D eigenvalue weighted by Crippen LogP contribution is 2.43. The van der Waals surface area contributed by atoms with Crippen LogP contribution in [0.25, 0.3) is 0 Å². The van der Waals surface area contributed by atoms with Gasteiger partial charge < -0.3 is 4.90 Å². The molecule has 0 bridgehead atoms. The van der Waals surface area contributed by atoms with Crippen molar-refractivity contribution >= 4 is 22.8 Å². The number of fused-ring (bicyclic) bond motifs is 1. The summed E-state index contributed by atoms with van der Waals surface area (Å²) in [6.07, 6.45) is 5.90. The summed E-state index contributed by atoms with van der Waals surface area (Å²) in [7, 11) is 1.94. The molecule has 1 aromatic heterocycles. The molecule has 1 atom stereocenters. The molecule has 0 N–H and O–H groups in total. The first kappa shape index (κ1) is 13.7. The van der Waals surface area contributed by atoms with Gasteiger partial charge in [0.15, 0.2) is 5.78 Å². The van der Waals surface area contributed by atoms with Crippen molar-refractivity contribution in [3.8, 4) is 12.3 Å². The number of hydrogen-bond acceptors (Lipinski definition) is 3. The summed E-state index contributed by atoms with van der Waals surface area (Å²) in [6.45, 7) is 4.03. The molecular formula is C18H15NOS. The molecule has 0 saturated carbocycles. The highest BCUT2D eigenvalue weighted by Gasteiger charge is 2.32. The van der Waals surface area contributed by atoms with Crippen LogP contribution in [0.15, 0.2) is 48.7 Å². The first-order valence-electron chi connectivity index (χ1n) is 6.71. The van der Waals surface area contributed by atoms with Gasteiger partial charge in [0.05, 0.1) is 16.5 Å². The molecule has 0 fully saturated rings. The molecule has 21 heavy (non-hydrogen) atoms. The fraction of sp³-hybridized carbons (Fsp3) is 0.167. The molecule has 0 amide bonds. The van der Waals surface area contributed by atoms with Gasteiger partial charge in [-0.2, -0.15) is 0 Å². The van der Waals surface area contributed by atoms with Gasteiger partial charge in [0, 0.05) is 24.0 Å². The third kappa shape index (κ3) is 2.28. The van der Waals surface area contributed by atoms with E-state index in [1.165, 1.54) is 11.3 Å². The van der Waals surface area contributed by atoms with Crippen molar-refractivity contribution in [2.45, 2.75) is 12.3 Å². The van der Waals surface area contributed by atoms with Crippen LogP contribution in [0.5, 0.6) is 0 Å². The van der Waals surface area contributed by atoms with E-state index in [0.717, 1.165) is 26.7 Å². The Morgan fingerprint density at radius 3 is 2.76 bits per heavy atom. The summed E-state index contributed by atoms with van der Waals surface area (Å²) < 4.78 is 0. The van der Waals surface area contributed by atoms with Crippen LogP contribution in [-0.2, 0) is 4.79 Å². The van der Waals surface area contributed by atoms with Crippen molar-refractivity contribution in [2.24, 2.45) is 0 Å². The Labute approximate surface area is 128 Å². The normalized spacial score (nSPS) is 18.1. The minimum absolute atomic E-state index is 0.169. The topological polar surface area (TPSA) is 20.3 Å². The van der Waals surface area contributed by atoms with Gasteiger partial charge in [0.2, 0.25) is 0 Å². The number of allylic oxidation sites excluding steroid dienone is 1. The van der Waals surface area contributed by atoms with Crippen molar-refractivity contribution in [1.29, 1.82) is 0 Å². The summed E-state index contributed by atoms with van der Waals surface area (Å²) in [5.74, 6) is 2.59. The molecule has 0 saturated heterocycles. The number of terminal acetylenes is 1. The van der Waals surface area contributed by atoms with Gasteiger partial charge in [-0.3, -0.25) is 4.79 Å². The van der Waals surface area contributed by atoms with Gasteiger partial charge in [-0.25, -0.2) is 0 Å².